The summed E-state index contributed by atoms with van der Waals surface area (Å²) in [6.45, 7) is 4.15. The first-order valence-corrected chi connectivity index (χ1v) is 7.80. The Kier molecular flexibility index (Phi) is 5.77. The maximum atomic E-state index is 11.9. The summed E-state index contributed by atoms with van der Waals surface area (Å²) in [4.78, 5) is 11.9. The fourth-order valence-corrected chi connectivity index (χ4v) is 2.38. The van der Waals surface area contributed by atoms with E-state index in [1.807, 2.05) is 62.4 Å². The Morgan fingerprint density at radius 3 is 2.39 bits per heavy atom. The zero-order valence-electron chi connectivity index (χ0n) is 13.9. The Labute approximate surface area is 137 Å². The highest BCUT2D eigenvalue weighted by Gasteiger charge is 2.15. The molecular weight excluding hydrogens is 288 g/mol. The van der Waals surface area contributed by atoms with Crippen LogP contribution < -0.4 is 15.8 Å². The Morgan fingerprint density at radius 2 is 1.78 bits per heavy atom. The third-order valence-corrected chi connectivity index (χ3v) is 3.99. The summed E-state index contributed by atoms with van der Waals surface area (Å²) in [5.74, 6) is 0.650. The van der Waals surface area contributed by atoms with Gasteiger partial charge in [0, 0.05) is 18.0 Å². The largest absolute Gasteiger partial charge is 0.496 e. The SMILES string of the molecule is COc1ccccc1-c1ccc(C(C)NC(=O)C(C)CN)cc1. The first-order chi connectivity index (χ1) is 11.1. The zero-order valence-corrected chi connectivity index (χ0v) is 13.9. The fourth-order valence-electron chi connectivity index (χ4n) is 2.38. The number of benzene rings is 2. The average molecular weight is 312 g/mol. The summed E-state index contributed by atoms with van der Waals surface area (Å²) in [7, 11) is 1.67. The third kappa shape index (κ3) is 4.11. The molecule has 2 aromatic carbocycles. The lowest BCUT2D eigenvalue weighted by atomic mass is 10.0. The molecular formula is C19H24N2O2. The molecule has 3 N–H and O–H groups in total. The highest BCUT2D eigenvalue weighted by atomic mass is 16.5. The first-order valence-electron chi connectivity index (χ1n) is 7.80. The van der Waals surface area contributed by atoms with Crippen molar-refractivity contribution in [2.24, 2.45) is 11.7 Å². The molecule has 122 valence electrons. The highest BCUT2D eigenvalue weighted by Crippen LogP contribution is 2.30. The molecule has 0 aliphatic rings. The molecule has 0 aliphatic heterocycles. The van der Waals surface area contributed by atoms with E-state index < -0.39 is 0 Å². The molecule has 4 heteroatoms. The summed E-state index contributed by atoms with van der Waals surface area (Å²) in [5, 5.41) is 2.99. The molecule has 0 saturated carbocycles. The maximum absolute atomic E-state index is 11.9. The minimum absolute atomic E-state index is 0.0196. The number of ether oxygens (including phenoxy) is 1. The summed E-state index contributed by atoms with van der Waals surface area (Å²) in [6, 6.07) is 16.0. The lowest BCUT2D eigenvalue weighted by Gasteiger charge is -2.17. The molecule has 0 saturated heterocycles. The molecule has 0 aliphatic carbocycles. The fraction of sp³-hybridized carbons (Fsp3) is 0.316. The number of rotatable bonds is 6. The Bertz CT molecular complexity index is 653. The Hall–Kier alpha value is -2.33. The zero-order chi connectivity index (χ0) is 16.8. The van der Waals surface area contributed by atoms with E-state index in [0.717, 1.165) is 22.4 Å². The van der Waals surface area contributed by atoms with Crippen LogP contribution in [0.1, 0.15) is 25.5 Å². The number of hydrogen-bond acceptors (Lipinski definition) is 3. The summed E-state index contributed by atoms with van der Waals surface area (Å²) in [6.07, 6.45) is 0. The molecule has 2 aromatic rings. The van der Waals surface area contributed by atoms with E-state index in [1.54, 1.807) is 7.11 Å². The number of hydrogen-bond donors (Lipinski definition) is 2. The molecule has 2 atom stereocenters. The van der Waals surface area contributed by atoms with E-state index in [2.05, 4.69) is 5.32 Å². The quantitative estimate of drug-likeness (QED) is 0.861. The lowest BCUT2D eigenvalue weighted by molar-refractivity contribution is -0.124. The van der Waals surface area contributed by atoms with Crippen molar-refractivity contribution in [1.82, 2.24) is 5.32 Å². The predicted octanol–water partition coefficient (Wildman–Crippen LogP) is 3.13. The van der Waals surface area contributed by atoms with Crippen LogP contribution in [0.2, 0.25) is 0 Å². The molecule has 2 rings (SSSR count). The molecule has 0 bridgehead atoms. The van der Waals surface area contributed by atoms with Crippen LogP contribution in [0.25, 0.3) is 11.1 Å². The number of amides is 1. The van der Waals surface area contributed by atoms with Gasteiger partial charge in [-0.3, -0.25) is 4.79 Å². The number of methoxy groups -OCH3 is 1. The van der Waals surface area contributed by atoms with Crippen LogP contribution >= 0.6 is 0 Å². The first kappa shape index (κ1) is 17.0. The van der Waals surface area contributed by atoms with Crippen molar-refractivity contribution < 1.29 is 9.53 Å². The van der Waals surface area contributed by atoms with Crippen molar-refractivity contribution in [3.05, 3.63) is 54.1 Å². The van der Waals surface area contributed by atoms with Gasteiger partial charge in [-0.1, -0.05) is 49.4 Å². The van der Waals surface area contributed by atoms with E-state index in [4.69, 9.17) is 10.5 Å². The Balaban J connectivity index is 2.14. The van der Waals surface area contributed by atoms with Crippen LogP contribution in [0.3, 0.4) is 0 Å². The summed E-state index contributed by atoms with van der Waals surface area (Å²) < 4.78 is 5.40. The van der Waals surface area contributed by atoms with Gasteiger partial charge in [-0.05, 0) is 24.1 Å². The van der Waals surface area contributed by atoms with E-state index >= 15 is 0 Å². The standard InChI is InChI=1S/C19H24N2O2/c1-13(12-20)19(22)21-14(2)15-8-10-16(11-9-15)17-6-4-5-7-18(17)23-3/h4-11,13-14H,12,20H2,1-3H3,(H,21,22). The summed E-state index contributed by atoms with van der Waals surface area (Å²) in [5.41, 5.74) is 8.72. The lowest BCUT2D eigenvalue weighted by Crippen LogP contribution is -2.34. The maximum Gasteiger partial charge on any atom is 0.224 e. The van der Waals surface area contributed by atoms with E-state index in [-0.39, 0.29) is 17.9 Å². The second-order valence-corrected chi connectivity index (χ2v) is 5.69. The molecule has 4 nitrogen and oxygen atoms in total. The van der Waals surface area contributed by atoms with Crippen LogP contribution in [0.5, 0.6) is 5.75 Å². The van der Waals surface area contributed by atoms with E-state index in [9.17, 15) is 4.79 Å². The van der Waals surface area contributed by atoms with Crippen molar-refractivity contribution in [2.45, 2.75) is 19.9 Å². The molecule has 23 heavy (non-hydrogen) atoms. The minimum Gasteiger partial charge on any atom is -0.496 e. The average Bonchev–Trinajstić information content (AvgIpc) is 2.60. The number of nitrogens with one attached hydrogen (secondary N) is 1. The number of nitrogens with two attached hydrogens (primary N) is 1. The van der Waals surface area contributed by atoms with E-state index in [0.29, 0.717) is 6.54 Å². The predicted molar refractivity (Wildman–Crippen MR) is 93.2 cm³/mol. The van der Waals surface area contributed by atoms with Crippen molar-refractivity contribution in [1.29, 1.82) is 0 Å². The van der Waals surface area contributed by atoms with E-state index in [1.165, 1.54) is 0 Å². The van der Waals surface area contributed by atoms with Crippen LogP contribution in [0.15, 0.2) is 48.5 Å². The van der Waals surface area contributed by atoms with Gasteiger partial charge in [0.15, 0.2) is 0 Å². The van der Waals surface area contributed by atoms with Gasteiger partial charge in [0.25, 0.3) is 0 Å². The van der Waals surface area contributed by atoms with Crippen molar-refractivity contribution in [2.75, 3.05) is 13.7 Å². The molecule has 0 aromatic heterocycles. The van der Waals surface area contributed by atoms with Crippen molar-refractivity contribution in [3.8, 4) is 16.9 Å². The van der Waals surface area contributed by atoms with Gasteiger partial charge >= 0.3 is 0 Å². The van der Waals surface area contributed by atoms with Crippen LogP contribution in [0.4, 0.5) is 0 Å². The smallest absolute Gasteiger partial charge is 0.224 e. The van der Waals surface area contributed by atoms with Crippen molar-refractivity contribution in [3.63, 3.8) is 0 Å². The number of carbonyl (C=O) groups excluding carboxylic acids is 1. The molecule has 0 heterocycles. The van der Waals surface area contributed by atoms with Gasteiger partial charge in [0.1, 0.15) is 5.75 Å². The molecule has 0 radical (unpaired) electrons. The number of para-hydroxylation sites is 1. The van der Waals surface area contributed by atoms with Crippen LogP contribution in [-0.2, 0) is 4.79 Å². The normalized spacial score (nSPS) is 13.2. The number of carbonyl (C=O) groups is 1. The summed E-state index contributed by atoms with van der Waals surface area (Å²) >= 11 is 0. The topological polar surface area (TPSA) is 64.3 Å². The molecule has 0 fully saturated rings. The highest BCUT2D eigenvalue weighted by molar-refractivity contribution is 5.79. The Morgan fingerprint density at radius 1 is 1.13 bits per heavy atom. The molecule has 1 amide bonds. The third-order valence-electron chi connectivity index (χ3n) is 3.99. The van der Waals surface area contributed by atoms with Crippen molar-refractivity contribution >= 4 is 5.91 Å². The second-order valence-electron chi connectivity index (χ2n) is 5.69. The minimum atomic E-state index is -0.176. The molecule has 0 spiro atoms. The van der Waals surface area contributed by atoms with Gasteiger partial charge in [-0.15, -0.1) is 0 Å². The monoisotopic (exact) mass is 312 g/mol. The van der Waals surface area contributed by atoms with Gasteiger partial charge in [-0.2, -0.15) is 0 Å². The second kappa shape index (κ2) is 7.79. The van der Waals surface area contributed by atoms with Gasteiger partial charge in [-0.25, -0.2) is 0 Å². The van der Waals surface area contributed by atoms with Crippen LogP contribution in [-0.4, -0.2) is 19.6 Å². The van der Waals surface area contributed by atoms with Gasteiger partial charge in [0.2, 0.25) is 5.91 Å². The van der Waals surface area contributed by atoms with Crippen LogP contribution in [0, 0.1) is 5.92 Å². The van der Waals surface area contributed by atoms with Gasteiger partial charge in [0.05, 0.1) is 13.2 Å². The molecule has 2 unspecified atom stereocenters. The van der Waals surface area contributed by atoms with Gasteiger partial charge < -0.3 is 15.8 Å².